The number of pyridine rings is 1. The molecule has 0 aromatic carbocycles. The van der Waals surface area contributed by atoms with Crippen molar-refractivity contribution in [1.29, 1.82) is 0 Å². The predicted octanol–water partition coefficient (Wildman–Crippen LogP) is 1.27. The van der Waals surface area contributed by atoms with Crippen molar-refractivity contribution < 1.29 is 8.42 Å². The van der Waals surface area contributed by atoms with Gasteiger partial charge >= 0.3 is 0 Å². The topological polar surface area (TPSA) is 85.1 Å². The second-order valence-electron chi connectivity index (χ2n) is 4.79. The number of nitrogens with one attached hydrogen (secondary N) is 1. The Balaban J connectivity index is 2.22. The van der Waals surface area contributed by atoms with Gasteiger partial charge in [-0.25, -0.2) is 18.1 Å². The number of nitrogens with two attached hydrogens (primary N) is 1. The Hall–Kier alpha value is -1.14. The van der Waals surface area contributed by atoms with Crippen molar-refractivity contribution in [3.05, 3.63) is 18.3 Å². The fourth-order valence-electron chi connectivity index (χ4n) is 2.19. The summed E-state index contributed by atoms with van der Waals surface area (Å²) in [4.78, 5) is 3.97. The number of hydrogen-bond acceptors (Lipinski definition) is 4. The van der Waals surface area contributed by atoms with E-state index in [-0.39, 0.29) is 10.4 Å². The highest BCUT2D eigenvalue weighted by Gasteiger charge is 2.33. The Bertz CT molecular complexity index is 490. The molecule has 94 valence electrons. The summed E-state index contributed by atoms with van der Waals surface area (Å²) in [5.74, 6) is 0.316. The summed E-state index contributed by atoms with van der Waals surface area (Å²) in [6.45, 7) is 1.95. The standard InChI is InChI=1S/C11H17N3O2S/c1-11(6-2-3-7-11)14-17(15,16)9-4-5-10(12)13-8-9/h4-5,8,14H,2-3,6-7H2,1H3,(H2,12,13). The van der Waals surface area contributed by atoms with Crippen molar-refractivity contribution in [2.24, 2.45) is 0 Å². The van der Waals surface area contributed by atoms with Gasteiger partial charge in [-0.1, -0.05) is 12.8 Å². The molecule has 0 amide bonds. The number of hydrogen-bond donors (Lipinski definition) is 2. The highest BCUT2D eigenvalue weighted by molar-refractivity contribution is 7.89. The van der Waals surface area contributed by atoms with E-state index in [4.69, 9.17) is 5.73 Å². The summed E-state index contributed by atoms with van der Waals surface area (Å²) in [6.07, 6.45) is 5.19. The van der Waals surface area contributed by atoms with Gasteiger partial charge in [-0.3, -0.25) is 0 Å². The van der Waals surface area contributed by atoms with Crippen LogP contribution < -0.4 is 10.5 Å². The van der Waals surface area contributed by atoms with E-state index in [1.807, 2.05) is 6.92 Å². The average Bonchev–Trinajstić information content (AvgIpc) is 2.64. The second kappa shape index (κ2) is 4.27. The van der Waals surface area contributed by atoms with Crippen LogP contribution in [-0.2, 0) is 10.0 Å². The molecule has 0 saturated heterocycles. The molecule has 1 saturated carbocycles. The van der Waals surface area contributed by atoms with E-state index in [9.17, 15) is 8.42 Å². The third-order valence-electron chi connectivity index (χ3n) is 3.16. The molecule has 5 nitrogen and oxygen atoms in total. The van der Waals surface area contributed by atoms with Crippen molar-refractivity contribution in [2.75, 3.05) is 5.73 Å². The van der Waals surface area contributed by atoms with Crippen molar-refractivity contribution >= 4 is 15.8 Å². The molecule has 1 fully saturated rings. The molecule has 1 heterocycles. The quantitative estimate of drug-likeness (QED) is 0.852. The minimum atomic E-state index is -3.49. The highest BCUT2D eigenvalue weighted by Crippen LogP contribution is 2.30. The smallest absolute Gasteiger partial charge is 0.242 e. The number of rotatable bonds is 3. The lowest BCUT2D eigenvalue weighted by Gasteiger charge is -2.24. The minimum Gasteiger partial charge on any atom is -0.384 e. The first-order valence-corrected chi connectivity index (χ1v) is 7.15. The summed E-state index contributed by atoms with van der Waals surface area (Å²) >= 11 is 0. The molecule has 0 unspecified atom stereocenters. The fraction of sp³-hybridized carbons (Fsp3) is 0.545. The van der Waals surface area contributed by atoms with E-state index in [0.717, 1.165) is 25.7 Å². The predicted molar refractivity (Wildman–Crippen MR) is 65.8 cm³/mol. The van der Waals surface area contributed by atoms with Gasteiger partial charge in [0.1, 0.15) is 10.7 Å². The first-order chi connectivity index (χ1) is 7.91. The van der Waals surface area contributed by atoms with E-state index in [1.54, 1.807) is 0 Å². The van der Waals surface area contributed by atoms with Crippen molar-refractivity contribution in [1.82, 2.24) is 9.71 Å². The molecule has 1 aliphatic carbocycles. The van der Waals surface area contributed by atoms with Gasteiger partial charge < -0.3 is 5.73 Å². The van der Waals surface area contributed by atoms with Crippen LogP contribution in [0.3, 0.4) is 0 Å². The van der Waals surface area contributed by atoms with Gasteiger partial charge in [-0.15, -0.1) is 0 Å². The summed E-state index contributed by atoms with van der Waals surface area (Å²) < 4.78 is 27.0. The van der Waals surface area contributed by atoms with Crippen molar-refractivity contribution in [2.45, 2.75) is 43.0 Å². The summed E-state index contributed by atoms with van der Waals surface area (Å²) in [5, 5.41) is 0. The normalized spacial score (nSPS) is 19.4. The Labute approximate surface area is 101 Å². The fourth-order valence-corrected chi connectivity index (χ4v) is 3.60. The third kappa shape index (κ3) is 2.76. The molecule has 0 atom stereocenters. The van der Waals surface area contributed by atoms with Gasteiger partial charge in [0.15, 0.2) is 0 Å². The SMILES string of the molecule is CC1(NS(=O)(=O)c2ccc(N)nc2)CCCC1. The zero-order valence-electron chi connectivity index (χ0n) is 9.81. The third-order valence-corrected chi connectivity index (χ3v) is 4.78. The maximum absolute atomic E-state index is 12.1. The lowest BCUT2D eigenvalue weighted by molar-refractivity contribution is 0.427. The van der Waals surface area contributed by atoms with Crippen LogP contribution in [0.2, 0.25) is 0 Å². The molecule has 6 heteroatoms. The Morgan fingerprint density at radius 3 is 2.53 bits per heavy atom. The molecule has 0 radical (unpaired) electrons. The van der Waals surface area contributed by atoms with Crippen LogP contribution in [0.1, 0.15) is 32.6 Å². The molecule has 0 bridgehead atoms. The first kappa shape index (κ1) is 12.3. The van der Waals surface area contributed by atoms with Crippen LogP contribution in [0.5, 0.6) is 0 Å². The van der Waals surface area contributed by atoms with E-state index in [1.165, 1.54) is 18.3 Å². The van der Waals surface area contributed by atoms with E-state index in [0.29, 0.717) is 5.82 Å². The number of nitrogen functional groups attached to an aromatic ring is 1. The molecule has 2 rings (SSSR count). The molecular formula is C11H17N3O2S. The second-order valence-corrected chi connectivity index (χ2v) is 6.47. The maximum atomic E-state index is 12.1. The Morgan fingerprint density at radius 2 is 2.00 bits per heavy atom. The molecule has 1 aliphatic rings. The molecule has 1 aromatic rings. The van der Waals surface area contributed by atoms with Gasteiger partial charge in [0.2, 0.25) is 10.0 Å². The molecule has 0 spiro atoms. The largest absolute Gasteiger partial charge is 0.384 e. The van der Waals surface area contributed by atoms with E-state index >= 15 is 0 Å². The monoisotopic (exact) mass is 255 g/mol. The molecule has 1 aromatic heterocycles. The van der Waals surface area contributed by atoms with Gasteiger partial charge in [-0.05, 0) is 31.9 Å². The van der Waals surface area contributed by atoms with Crippen LogP contribution in [-0.4, -0.2) is 18.9 Å². The number of aromatic nitrogens is 1. The Kier molecular flexibility index (Phi) is 3.09. The van der Waals surface area contributed by atoms with Gasteiger partial charge in [0.05, 0.1) is 0 Å². The maximum Gasteiger partial charge on any atom is 0.242 e. The van der Waals surface area contributed by atoms with Gasteiger partial charge in [0, 0.05) is 11.7 Å². The lowest BCUT2D eigenvalue weighted by Crippen LogP contribution is -2.43. The molecular weight excluding hydrogens is 238 g/mol. The van der Waals surface area contributed by atoms with Crippen LogP contribution >= 0.6 is 0 Å². The van der Waals surface area contributed by atoms with Gasteiger partial charge in [-0.2, -0.15) is 0 Å². The molecule has 0 aliphatic heterocycles. The summed E-state index contributed by atoms with van der Waals surface area (Å²) in [5.41, 5.74) is 5.11. The average molecular weight is 255 g/mol. The summed E-state index contributed by atoms with van der Waals surface area (Å²) in [6, 6.07) is 2.97. The van der Waals surface area contributed by atoms with Gasteiger partial charge in [0.25, 0.3) is 0 Å². The highest BCUT2D eigenvalue weighted by atomic mass is 32.2. The van der Waals surface area contributed by atoms with E-state index in [2.05, 4.69) is 9.71 Å². The minimum absolute atomic E-state index is 0.167. The van der Waals surface area contributed by atoms with Crippen molar-refractivity contribution in [3.63, 3.8) is 0 Å². The number of nitrogens with zero attached hydrogens (tertiary/aromatic N) is 1. The van der Waals surface area contributed by atoms with E-state index < -0.39 is 10.0 Å². The van der Waals surface area contributed by atoms with Crippen LogP contribution in [0.15, 0.2) is 23.2 Å². The lowest BCUT2D eigenvalue weighted by atomic mass is 10.0. The van der Waals surface area contributed by atoms with Crippen molar-refractivity contribution in [3.8, 4) is 0 Å². The summed E-state index contributed by atoms with van der Waals surface area (Å²) in [7, 11) is -3.49. The number of anilines is 1. The molecule has 17 heavy (non-hydrogen) atoms. The van der Waals surface area contributed by atoms with Crippen LogP contribution in [0.25, 0.3) is 0 Å². The van der Waals surface area contributed by atoms with Crippen LogP contribution in [0, 0.1) is 0 Å². The number of sulfonamides is 1. The molecule has 3 N–H and O–H groups in total. The first-order valence-electron chi connectivity index (χ1n) is 5.67. The van der Waals surface area contributed by atoms with Crippen LogP contribution in [0.4, 0.5) is 5.82 Å². The zero-order chi connectivity index (χ0) is 12.5. The Morgan fingerprint density at radius 1 is 1.35 bits per heavy atom. The zero-order valence-corrected chi connectivity index (χ0v) is 10.6.